The maximum Gasteiger partial charge on any atom is 0.340 e. The SMILES string of the molecule is Cc1c(Cc2cccc(NS(N)(=O)=O)c2F)c(=O)oc2cc(Oc3nccs3)ccc12. The average Bonchev–Trinajstić information content (AvgIpc) is 3.19. The first kappa shape index (κ1) is 21.0. The van der Waals surface area contributed by atoms with Gasteiger partial charge >= 0.3 is 5.63 Å². The third-order valence-corrected chi connectivity index (χ3v) is 5.72. The van der Waals surface area contributed by atoms with E-state index in [0.717, 1.165) is 0 Å². The predicted molar refractivity (Wildman–Crippen MR) is 115 cm³/mol. The molecule has 0 aliphatic rings. The van der Waals surface area contributed by atoms with E-state index in [0.29, 0.717) is 27.5 Å². The highest BCUT2D eigenvalue weighted by Gasteiger charge is 2.17. The van der Waals surface area contributed by atoms with E-state index in [4.69, 9.17) is 14.3 Å². The number of rotatable bonds is 6. The van der Waals surface area contributed by atoms with Gasteiger partial charge < -0.3 is 9.15 Å². The Labute approximate surface area is 180 Å². The van der Waals surface area contributed by atoms with Crippen LogP contribution in [0.4, 0.5) is 10.1 Å². The largest absolute Gasteiger partial charge is 0.431 e. The zero-order chi connectivity index (χ0) is 22.2. The van der Waals surface area contributed by atoms with Gasteiger partial charge in [-0.3, -0.25) is 4.72 Å². The summed E-state index contributed by atoms with van der Waals surface area (Å²) in [6.45, 7) is 1.74. The number of benzene rings is 2. The number of fused-ring (bicyclic) bond motifs is 1. The number of anilines is 1. The summed E-state index contributed by atoms with van der Waals surface area (Å²) in [7, 11) is -4.14. The van der Waals surface area contributed by atoms with Gasteiger partial charge in [0.05, 0.1) is 5.69 Å². The molecule has 0 radical (unpaired) electrons. The van der Waals surface area contributed by atoms with Crippen LogP contribution >= 0.6 is 11.3 Å². The molecule has 8 nitrogen and oxygen atoms in total. The maximum atomic E-state index is 14.8. The van der Waals surface area contributed by atoms with Crippen LogP contribution < -0.4 is 20.2 Å². The Hall–Kier alpha value is -3.28. The summed E-state index contributed by atoms with van der Waals surface area (Å²) in [5.41, 5.74) is 0.397. The summed E-state index contributed by atoms with van der Waals surface area (Å²) in [4.78, 5) is 16.7. The van der Waals surface area contributed by atoms with E-state index in [9.17, 15) is 17.6 Å². The van der Waals surface area contributed by atoms with Crippen LogP contribution in [0.5, 0.6) is 10.9 Å². The van der Waals surface area contributed by atoms with Gasteiger partial charge in [-0.1, -0.05) is 23.5 Å². The van der Waals surface area contributed by atoms with Crippen LogP contribution in [0.15, 0.2) is 57.2 Å². The van der Waals surface area contributed by atoms with E-state index in [1.807, 2.05) is 4.72 Å². The Balaban J connectivity index is 1.70. The van der Waals surface area contributed by atoms with Crippen LogP contribution in [-0.2, 0) is 16.6 Å². The summed E-state index contributed by atoms with van der Waals surface area (Å²) in [6.07, 6.45) is 1.53. The number of halogens is 1. The highest BCUT2D eigenvalue weighted by molar-refractivity contribution is 7.90. The first-order chi connectivity index (χ1) is 14.7. The zero-order valence-corrected chi connectivity index (χ0v) is 17.7. The number of hydrogen-bond acceptors (Lipinski definition) is 7. The first-order valence-electron chi connectivity index (χ1n) is 8.93. The van der Waals surface area contributed by atoms with E-state index in [-0.39, 0.29) is 23.2 Å². The van der Waals surface area contributed by atoms with E-state index in [2.05, 4.69) is 4.98 Å². The number of thiazole rings is 1. The lowest BCUT2D eigenvalue weighted by molar-refractivity contribution is 0.476. The van der Waals surface area contributed by atoms with Crippen LogP contribution in [0.1, 0.15) is 16.7 Å². The Morgan fingerprint density at radius 2 is 2.10 bits per heavy atom. The molecular formula is C20H16FN3O5S2. The minimum absolute atomic E-state index is 0.0898. The van der Waals surface area contributed by atoms with Crippen molar-refractivity contribution >= 4 is 38.2 Å². The molecule has 0 atom stereocenters. The summed E-state index contributed by atoms with van der Waals surface area (Å²) in [6, 6.07) is 9.21. The van der Waals surface area contributed by atoms with Crippen LogP contribution in [0.2, 0.25) is 0 Å². The van der Waals surface area contributed by atoms with Gasteiger partial charge in [0.1, 0.15) is 11.3 Å². The molecule has 0 saturated carbocycles. The topological polar surface area (TPSA) is 125 Å². The van der Waals surface area contributed by atoms with Crippen molar-refractivity contribution in [2.45, 2.75) is 13.3 Å². The van der Waals surface area contributed by atoms with Crippen LogP contribution in [0.25, 0.3) is 11.0 Å². The van der Waals surface area contributed by atoms with Gasteiger partial charge in [0, 0.05) is 35.0 Å². The molecule has 0 spiro atoms. The molecule has 31 heavy (non-hydrogen) atoms. The molecule has 3 N–H and O–H groups in total. The third kappa shape index (κ3) is 4.58. The van der Waals surface area contributed by atoms with Gasteiger partial charge in [-0.2, -0.15) is 8.42 Å². The van der Waals surface area contributed by atoms with Crippen molar-refractivity contribution in [1.82, 2.24) is 4.98 Å². The molecule has 0 aliphatic carbocycles. The second-order valence-electron chi connectivity index (χ2n) is 6.65. The molecule has 0 saturated heterocycles. The van der Waals surface area contributed by atoms with Crippen molar-refractivity contribution in [3.63, 3.8) is 0 Å². The quantitative estimate of drug-likeness (QED) is 0.422. The van der Waals surface area contributed by atoms with Gasteiger partial charge in [-0.25, -0.2) is 19.3 Å². The Kier molecular flexibility index (Phi) is 5.48. The number of nitrogens with one attached hydrogen (secondary N) is 1. The molecule has 4 rings (SSSR count). The fraction of sp³-hybridized carbons (Fsp3) is 0.100. The van der Waals surface area contributed by atoms with Gasteiger partial charge in [-0.15, -0.1) is 0 Å². The molecule has 0 fully saturated rings. The Morgan fingerprint density at radius 3 is 2.81 bits per heavy atom. The van der Waals surface area contributed by atoms with Crippen LogP contribution in [0.3, 0.4) is 0 Å². The lowest BCUT2D eigenvalue weighted by atomic mass is 9.99. The minimum atomic E-state index is -4.14. The fourth-order valence-electron chi connectivity index (χ4n) is 3.14. The second kappa shape index (κ2) is 8.10. The molecule has 2 aromatic heterocycles. The van der Waals surface area contributed by atoms with E-state index in [1.54, 1.807) is 36.7 Å². The van der Waals surface area contributed by atoms with Crippen LogP contribution in [0, 0.1) is 12.7 Å². The number of aromatic nitrogens is 1. The van der Waals surface area contributed by atoms with E-state index >= 15 is 0 Å². The number of hydrogen-bond donors (Lipinski definition) is 2. The second-order valence-corrected chi connectivity index (χ2v) is 8.80. The lowest BCUT2D eigenvalue weighted by Gasteiger charge is -2.11. The molecule has 11 heteroatoms. The number of nitrogens with two attached hydrogens (primary N) is 1. The van der Waals surface area contributed by atoms with Crippen LogP contribution in [-0.4, -0.2) is 13.4 Å². The molecule has 0 aliphatic heterocycles. The average molecular weight is 461 g/mol. The summed E-state index contributed by atoms with van der Waals surface area (Å²) in [5.74, 6) is -0.354. The van der Waals surface area contributed by atoms with Crippen molar-refractivity contribution in [1.29, 1.82) is 0 Å². The normalized spacial score (nSPS) is 11.6. The number of nitrogens with zero attached hydrogens (tertiary/aromatic N) is 1. The number of aryl methyl sites for hydroxylation is 1. The molecule has 0 unspecified atom stereocenters. The molecular weight excluding hydrogens is 445 g/mol. The van der Waals surface area contributed by atoms with Gasteiger partial charge in [0.15, 0.2) is 5.82 Å². The standard InChI is InChI=1S/C20H16FN3O5S2/c1-11-14-6-5-13(28-20-23-7-8-30-20)10-17(14)29-19(25)15(11)9-12-3-2-4-16(18(12)21)24-31(22,26)27/h2-8,10,24H,9H2,1H3,(H2,22,26,27). The van der Waals surface area contributed by atoms with Crippen molar-refractivity contribution in [3.8, 4) is 10.9 Å². The minimum Gasteiger partial charge on any atom is -0.431 e. The highest BCUT2D eigenvalue weighted by atomic mass is 32.2. The zero-order valence-electron chi connectivity index (χ0n) is 16.1. The number of ether oxygens (including phenoxy) is 1. The van der Waals surface area contributed by atoms with Gasteiger partial charge in [-0.05, 0) is 36.2 Å². The fourth-order valence-corrected chi connectivity index (χ4v) is 4.11. The highest BCUT2D eigenvalue weighted by Crippen LogP contribution is 2.29. The molecule has 4 aromatic rings. The molecule has 0 amide bonds. The predicted octanol–water partition coefficient (Wildman–Crippen LogP) is 3.70. The lowest BCUT2D eigenvalue weighted by Crippen LogP contribution is -2.22. The van der Waals surface area contributed by atoms with Gasteiger partial charge in [0.25, 0.3) is 15.4 Å². The molecule has 160 valence electrons. The third-order valence-electron chi connectivity index (χ3n) is 4.57. The Bertz CT molecular complexity index is 1430. The summed E-state index contributed by atoms with van der Waals surface area (Å²) < 4.78 is 50.2. The van der Waals surface area contributed by atoms with Crippen molar-refractivity contribution in [3.05, 3.63) is 80.9 Å². The smallest absolute Gasteiger partial charge is 0.340 e. The van der Waals surface area contributed by atoms with Gasteiger partial charge in [0.2, 0.25) is 0 Å². The van der Waals surface area contributed by atoms with Crippen molar-refractivity contribution < 1.29 is 22.0 Å². The van der Waals surface area contributed by atoms with E-state index < -0.39 is 21.7 Å². The Morgan fingerprint density at radius 1 is 1.29 bits per heavy atom. The van der Waals surface area contributed by atoms with Crippen molar-refractivity contribution in [2.24, 2.45) is 5.14 Å². The molecule has 2 aromatic carbocycles. The first-order valence-corrected chi connectivity index (χ1v) is 11.4. The van der Waals surface area contributed by atoms with Crippen molar-refractivity contribution in [2.75, 3.05) is 4.72 Å². The summed E-state index contributed by atoms with van der Waals surface area (Å²) in [5, 5.41) is 7.82. The molecule has 2 heterocycles. The van der Waals surface area contributed by atoms with E-state index in [1.165, 1.54) is 29.5 Å². The summed E-state index contributed by atoms with van der Waals surface area (Å²) >= 11 is 1.33. The maximum absolute atomic E-state index is 14.8. The molecule has 0 bridgehead atoms. The monoisotopic (exact) mass is 461 g/mol.